The largest absolute Gasteiger partial charge is 0.479 e. The molecule has 6 heteroatoms. The summed E-state index contributed by atoms with van der Waals surface area (Å²) < 4.78 is 1.84. The number of hydrogen-bond donors (Lipinski definition) is 1. The molecule has 2 aromatic heterocycles. The van der Waals surface area contributed by atoms with Gasteiger partial charge in [-0.1, -0.05) is 0 Å². The zero-order valence-electron chi connectivity index (χ0n) is 13.0. The summed E-state index contributed by atoms with van der Waals surface area (Å²) >= 11 is 1.78. The van der Waals surface area contributed by atoms with E-state index in [1.165, 1.54) is 10.4 Å². The Morgan fingerprint density at radius 2 is 2.14 bits per heavy atom. The van der Waals surface area contributed by atoms with E-state index < -0.39 is 11.5 Å². The van der Waals surface area contributed by atoms with Gasteiger partial charge in [0.25, 0.3) is 0 Å². The third kappa shape index (κ3) is 2.57. The van der Waals surface area contributed by atoms with Crippen LogP contribution in [0.25, 0.3) is 0 Å². The molecule has 0 saturated carbocycles. The number of carboxylic acid groups (broad SMARTS) is 1. The standard InChI is InChI=1S/C16H21N3O2S/c1-12-3-10-22-14(12)11-18-7-4-16(5-8-18,15(20)21)19-9-6-17-13(19)2/h3,6,9-10H,4-5,7-8,11H2,1-2H3,(H,20,21). The summed E-state index contributed by atoms with van der Waals surface area (Å²) in [4.78, 5) is 19.9. The first kappa shape index (κ1) is 15.2. The van der Waals surface area contributed by atoms with Crippen LogP contribution >= 0.6 is 11.3 Å². The van der Waals surface area contributed by atoms with Gasteiger partial charge in [0.1, 0.15) is 11.4 Å². The van der Waals surface area contributed by atoms with E-state index in [4.69, 9.17) is 0 Å². The zero-order valence-corrected chi connectivity index (χ0v) is 13.8. The van der Waals surface area contributed by atoms with Gasteiger partial charge < -0.3 is 9.67 Å². The van der Waals surface area contributed by atoms with Crippen LogP contribution in [-0.2, 0) is 16.9 Å². The van der Waals surface area contributed by atoms with Crippen molar-refractivity contribution in [3.05, 3.63) is 40.1 Å². The van der Waals surface area contributed by atoms with Crippen LogP contribution in [0.4, 0.5) is 0 Å². The minimum atomic E-state index is -0.846. The fourth-order valence-electron chi connectivity index (χ4n) is 3.24. The molecule has 1 aliphatic rings. The maximum absolute atomic E-state index is 11.9. The van der Waals surface area contributed by atoms with Gasteiger partial charge in [-0.2, -0.15) is 0 Å². The van der Waals surface area contributed by atoms with Gasteiger partial charge in [-0.05, 0) is 43.7 Å². The molecule has 2 aromatic rings. The van der Waals surface area contributed by atoms with Gasteiger partial charge in [0.15, 0.2) is 0 Å². The van der Waals surface area contributed by atoms with Crippen molar-refractivity contribution in [2.24, 2.45) is 0 Å². The molecule has 0 spiro atoms. The summed E-state index contributed by atoms with van der Waals surface area (Å²) in [5.74, 6) is 0.0190. The number of nitrogens with zero attached hydrogens (tertiary/aromatic N) is 3. The molecule has 118 valence electrons. The van der Waals surface area contributed by atoms with Crippen molar-refractivity contribution in [2.45, 2.75) is 38.8 Å². The number of carboxylic acids is 1. The first-order valence-electron chi connectivity index (χ1n) is 7.52. The maximum atomic E-state index is 11.9. The van der Waals surface area contributed by atoms with E-state index in [2.05, 4.69) is 28.3 Å². The molecule has 1 N–H and O–H groups in total. The summed E-state index contributed by atoms with van der Waals surface area (Å²) in [6.07, 6.45) is 4.71. The van der Waals surface area contributed by atoms with Crippen LogP contribution in [0.1, 0.15) is 29.1 Å². The van der Waals surface area contributed by atoms with Crippen LogP contribution in [0.15, 0.2) is 23.8 Å². The number of rotatable bonds is 4. The molecule has 5 nitrogen and oxygen atoms in total. The molecule has 1 saturated heterocycles. The van der Waals surface area contributed by atoms with E-state index in [-0.39, 0.29) is 0 Å². The van der Waals surface area contributed by atoms with Crippen LogP contribution < -0.4 is 0 Å². The highest BCUT2D eigenvalue weighted by Crippen LogP contribution is 2.33. The maximum Gasteiger partial charge on any atom is 0.330 e. The molecule has 0 atom stereocenters. The Bertz CT molecular complexity index is 668. The number of piperidine rings is 1. The predicted octanol–water partition coefficient (Wildman–Crippen LogP) is 2.64. The van der Waals surface area contributed by atoms with E-state index in [1.54, 1.807) is 23.7 Å². The van der Waals surface area contributed by atoms with Crippen molar-refractivity contribution in [3.63, 3.8) is 0 Å². The average Bonchev–Trinajstić information content (AvgIpc) is 3.09. The van der Waals surface area contributed by atoms with Gasteiger partial charge in [-0.25, -0.2) is 9.78 Å². The second-order valence-corrected chi connectivity index (χ2v) is 6.98. The summed E-state index contributed by atoms with van der Waals surface area (Å²) in [6, 6.07) is 2.14. The third-order valence-corrected chi connectivity index (χ3v) is 5.71. The first-order chi connectivity index (χ1) is 10.5. The molecule has 0 radical (unpaired) electrons. The molecule has 0 aromatic carbocycles. The average molecular weight is 319 g/mol. The quantitative estimate of drug-likeness (QED) is 0.941. The second-order valence-electron chi connectivity index (χ2n) is 5.98. The number of aryl methyl sites for hydroxylation is 2. The minimum Gasteiger partial charge on any atom is -0.479 e. The Morgan fingerprint density at radius 3 is 2.64 bits per heavy atom. The lowest BCUT2D eigenvalue weighted by molar-refractivity contribution is -0.150. The van der Waals surface area contributed by atoms with Gasteiger partial charge in [0.05, 0.1) is 0 Å². The molecule has 3 heterocycles. The van der Waals surface area contributed by atoms with Crippen LogP contribution in [0.2, 0.25) is 0 Å². The molecular formula is C16H21N3O2S. The number of aromatic nitrogens is 2. The van der Waals surface area contributed by atoms with Crippen molar-refractivity contribution in [1.82, 2.24) is 14.5 Å². The van der Waals surface area contributed by atoms with Crippen molar-refractivity contribution in [1.29, 1.82) is 0 Å². The SMILES string of the molecule is Cc1ccsc1CN1CCC(C(=O)O)(n2ccnc2C)CC1. The van der Waals surface area contributed by atoms with Crippen molar-refractivity contribution < 1.29 is 9.90 Å². The molecule has 0 amide bonds. The Kier molecular flexibility index (Phi) is 4.06. The molecule has 1 fully saturated rings. The third-order valence-electron chi connectivity index (χ3n) is 4.70. The Morgan fingerprint density at radius 1 is 1.41 bits per heavy atom. The Balaban J connectivity index is 1.75. The molecule has 0 bridgehead atoms. The van der Waals surface area contributed by atoms with E-state index in [1.807, 2.05) is 11.5 Å². The number of aliphatic carboxylic acids is 1. The number of thiophene rings is 1. The monoisotopic (exact) mass is 319 g/mol. The number of hydrogen-bond acceptors (Lipinski definition) is 4. The highest BCUT2D eigenvalue weighted by Gasteiger charge is 2.43. The molecule has 0 unspecified atom stereocenters. The van der Waals surface area contributed by atoms with E-state index in [0.717, 1.165) is 25.5 Å². The molecular weight excluding hydrogens is 298 g/mol. The highest BCUT2D eigenvalue weighted by atomic mass is 32.1. The highest BCUT2D eigenvalue weighted by molar-refractivity contribution is 7.10. The van der Waals surface area contributed by atoms with Crippen molar-refractivity contribution in [3.8, 4) is 0 Å². The smallest absolute Gasteiger partial charge is 0.330 e. The lowest BCUT2D eigenvalue weighted by atomic mass is 9.87. The fraction of sp³-hybridized carbons (Fsp3) is 0.500. The molecule has 1 aliphatic heterocycles. The van der Waals surface area contributed by atoms with E-state index in [9.17, 15) is 9.90 Å². The normalized spacial score (nSPS) is 18.5. The predicted molar refractivity (Wildman–Crippen MR) is 86.1 cm³/mol. The van der Waals surface area contributed by atoms with E-state index >= 15 is 0 Å². The summed E-state index contributed by atoms with van der Waals surface area (Å²) in [7, 11) is 0. The molecule has 22 heavy (non-hydrogen) atoms. The van der Waals surface area contributed by atoms with Crippen LogP contribution in [0.5, 0.6) is 0 Å². The lowest BCUT2D eigenvalue weighted by Gasteiger charge is -2.40. The second kappa shape index (κ2) is 5.85. The van der Waals surface area contributed by atoms with Gasteiger partial charge in [-0.3, -0.25) is 4.90 Å². The number of likely N-dealkylation sites (tertiary alicyclic amines) is 1. The topological polar surface area (TPSA) is 58.4 Å². The Labute approximate surface area is 134 Å². The van der Waals surface area contributed by atoms with Gasteiger partial charge in [0.2, 0.25) is 0 Å². The van der Waals surface area contributed by atoms with Crippen molar-refractivity contribution in [2.75, 3.05) is 13.1 Å². The van der Waals surface area contributed by atoms with Gasteiger partial charge >= 0.3 is 5.97 Å². The lowest BCUT2D eigenvalue weighted by Crippen LogP contribution is -2.51. The summed E-state index contributed by atoms with van der Waals surface area (Å²) in [6.45, 7) is 6.50. The van der Waals surface area contributed by atoms with Crippen LogP contribution in [0.3, 0.4) is 0 Å². The van der Waals surface area contributed by atoms with Gasteiger partial charge in [0, 0.05) is 36.9 Å². The molecule has 3 rings (SSSR count). The fourth-order valence-corrected chi connectivity index (χ4v) is 4.19. The number of imidazole rings is 1. The summed E-state index contributed by atoms with van der Waals surface area (Å²) in [5, 5.41) is 11.9. The number of carbonyl (C=O) groups is 1. The summed E-state index contributed by atoms with van der Waals surface area (Å²) in [5.41, 5.74) is 0.479. The zero-order chi connectivity index (χ0) is 15.7. The minimum absolute atomic E-state index is 0.615. The first-order valence-corrected chi connectivity index (χ1v) is 8.40. The molecule has 0 aliphatic carbocycles. The van der Waals surface area contributed by atoms with E-state index in [0.29, 0.717) is 12.8 Å². The van der Waals surface area contributed by atoms with Crippen LogP contribution in [0, 0.1) is 13.8 Å². The van der Waals surface area contributed by atoms with Gasteiger partial charge in [-0.15, -0.1) is 11.3 Å². The van der Waals surface area contributed by atoms with Crippen molar-refractivity contribution >= 4 is 17.3 Å². The Hall–Kier alpha value is -1.66. The van der Waals surface area contributed by atoms with Crippen LogP contribution in [-0.4, -0.2) is 38.6 Å².